The van der Waals surface area contributed by atoms with Crippen LogP contribution in [0.3, 0.4) is 0 Å². The van der Waals surface area contributed by atoms with Gasteiger partial charge in [0.15, 0.2) is 0 Å². The molecule has 0 aromatic heterocycles. The van der Waals surface area contributed by atoms with Gasteiger partial charge in [0.25, 0.3) is 0 Å². The lowest BCUT2D eigenvalue weighted by molar-refractivity contribution is 0.627. The summed E-state index contributed by atoms with van der Waals surface area (Å²) in [4.78, 5) is 5.12. The number of rotatable bonds is 5. The van der Waals surface area contributed by atoms with E-state index in [2.05, 4.69) is 37.4 Å². The molecule has 4 heteroatoms. The molecule has 0 saturated heterocycles. The van der Waals surface area contributed by atoms with Crippen LogP contribution in [-0.4, -0.2) is 18.3 Å². The number of nitrogens with zero attached hydrogens (tertiary/aromatic N) is 1. The van der Waals surface area contributed by atoms with E-state index in [0.29, 0.717) is 5.02 Å². The normalized spacial score (nSPS) is 15.7. The zero-order valence-corrected chi connectivity index (χ0v) is 18.1. The molecule has 2 nitrogen and oxygen atoms in total. The molecule has 1 aliphatic heterocycles. The van der Waals surface area contributed by atoms with Gasteiger partial charge in [-0.05, 0) is 78.4 Å². The van der Waals surface area contributed by atoms with E-state index in [0.717, 1.165) is 48.3 Å². The molecule has 0 fully saturated rings. The smallest absolute Gasteiger partial charge is 0.123 e. The maximum atomic E-state index is 13.5. The Hall–Kier alpha value is -2.65. The molecule has 0 spiro atoms. The van der Waals surface area contributed by atoms with E-state index in [1.54, 1.807) is 12.1 Å². The molecule has 1 aliphatic rings. The Bertz CT molecular complexity index is 1070. The third-order valence-corrected chi connectivity index (χ3v) is 5.93. The minimum atomic E-state index is -0.253. The zero-order chi connectivity index (χ0) is 21.1. The first kappa shape index (κ1) is 20.6. The van der Waals surface area contributed by atoms with Gasteiger partial charge in [-0.15, -0.1) is 0 Å². The van der Waals surface area contributed by atoms with Crippen molar-refractivity contribution in [1.82, 2.24) is 0 Å². The highest BCUT2D eigenvalue weighted by Crippen LogP contribution is 2.28. The first-order chi connectivity index (χ1) is 14.6. The van der Waals surface area contributed by atoms with Crippen LogP contribution in [0.5, 0.6) is 0 Å². The Kier molecular flexibility index (Phi) is 6.19. The van der Waals surface area contributed by atoms with Crippen LogP contribution in [0.2, 0.25) is 5.02 Å². The molecule has 3 aromatic rings. The minimum Gasteiger partial charge on any atom is -0.382 e. The van der Waals surface area contributed by atoms with Crippen LogP contribution in [0.15, 0.2) is 65.7 Å². The number of fused-ring (bicyclic) bond motifs is 1. The first-order valence-electron chi connectivity index (χ1n) is 10.6. The Morgan fingerprint density at radius 3 is 2.47 bits per heavy atom. The lowest BCUT2D eigenvalue weighted by Crippen LogP contribution is -2.20. The number of aryl methyl sites for hydroxylation is 2. The van der Waals surface area contributed by atoms with Gasteiger partial charge >= 0.3 is 0 Å². The highest BCUT2D eigenvalue weighted by atomic mass is 35.5. The molecular formula is C26H26ClFN2. The molecule has 0 saturated carbocycles. The van der Waals surface area contributed by atoms with E-state index >= 15 is 0 Å². The molecule has 1 heterocycles. The summed E-state index contributed by atoms with van der Waals surface area (Å²) in [7, 11) is 0. The van der Waals surface area contributed by atoms with Crippen LogP contribution in [-0.2, 0) is 19.3 Å². The fourth-order valence-corrected chi connectivity index (χ4v) is 4.27. The molecule has 4 rings (SSSR count). The molecule has 0 amide bonds. The number of hydrogen-bond donors (Lipinski definition) is 1. The second-order valence-corrected chi connectivity index (χ2v) is 8.16. The van der Waals surface area contributed by atoms with Gasteiger partial charge in [0.05, 0.1) is 11.8 Å². The van der Waals surface area contributed by atoms with Crippen molar-refractivity contribution < 1.29 is 4.39 Å². The lowest BCUT2D eigenvalue weighted by Gasteiger charge is -2.15. The van der Waals surface area contributed by atoms with Crippen molar-refractivity contribution in [3.05, 3.63) is 99.3 Å². The van der Waals surface area contributed by atoms with Crippen LogP contribution in [0.25, 0.3) is 0 Å². The summed E-state index contributed by atoms with van der Waals surface area (Å²) in [5, 5.41) is 4.20. The van der Waals surface area contributed by atoms with Crippen molar-refractivity contribution in [1.29, 1.82) is 0 Å². The molecular weight excluding hydrogens is 395 g/mol. The summed E-state index contributed by atoms with van der Waals surface area (Å²) < 4.78 is 13.5. The van der Waals surface area contributed by atoms with Gasteiger partial charge < -0.3 is 5.32 Å². The van der Waals surface area contributed by atoms with Gasteiger partial charge in [0.2, 0.25) is 0 Å². The molecule has 1 atom stereocenters. The zero-order valence-electron chi connectivity index (χ0n) is 17.4. The summed E-state index contributed by atoms with van der Waals surface area (Å²) in [6, 6.07) is 19.2. The number of anilines is 1. The van der Waals surface area contributed by atoms with Crippen molar-refractivity contribution in [2.24, 2.45) is 4.99 Å². The predicted octanol–water partition coefficient (Wildman–Crippen LogP) is 6.48. The van der Waals surface area contributed by atoms with E-state index in [-0.39, 0.29) is 11.9 Å². The minimum absolute atomic E-state index is 0.0633. The second kappa shape index (κ2) is 9.01. The van der Waals surface area contributed by atoms with Crippen LogP contribution in [0.1, 0.15) is 41.7 Å². The Morgan fingerprint density at radius 1 is 0.967 bits per heavy atom. The van der Waals surface area contributed by atoms with E-state index in [4.69, 9.17) is 16.6 Å². The number of nitrogens with one attached hydrogen (secondary N) is 1. The molecule has 0 aliphatic carbocycles. The molecule has 1 N–H and O–H groups in total. The Labute approximate surface area is 182 Å². The average molecular weight is 421 g/mol. The van der Waals surface area contributed by atoms with Crippen LogP contribution in [0, 0.1) is 5.82 Å². The summed E-state index contributed by atoms with van der Waals surface area (Å²) in [5.41, 5.74) is 7.81. The van der Waals surface area contributed by atoms with Gasteiger partial charge in [-0.3, -0.25) is 4.99 Å². The fourth-order valence-electron chi connectivity index (χ4n) is 4.10. The van der Waals surface area contributed by atoms with Crippen LogP contribution >= 0.6 is 11.6 Å². The van der Waals surface area contributed by atoms with Gasteiger partial charge in [-0.25, -0.2) is 4.39 Å². The van der Waals surface area contributed by atoms with Crippen molar-refractivity contribution in [3.8, 4) is 0 Å². The summed E-state index contributed by atoms with van der Waals surface area (Å²) in [6.45, 7) is 5.14. The Balaban J connectivity index is 1.72. The highest BCUT2D eigenvalue weighted by Gasteiger charge is 2.20. The summed E-state index contributed by atoms with van der Waals surface area (Å²) in [5.74, 6) is -0.253. The molecule has 3 aromatic carbocycles. The topological polar surface area (TPSA) is 24.4 Å². The number of aliphatic imine (C=N–C) groups is 1. The van der Waals surface area contributed by atoms with Crippen molar-refractivity contribution in [2.75, 3.05) is 11.9 Å². The monoisotopic (exact) mass is 420 g/mol. The lowest BCUT2D eigenvalue weighted by atomic mass is 9.96. The van der Waals surface area contributed by atoms with Crippen LogP contribution in [0.4, 0.5) is 10.1 Å². The molecule has 0 radical (unpaired) electrons. The summed E-state index contributed by atoms with van der Waals surface area (Å²) >= 11 is 6.29. The second-order valence-electron chi connectivity index (χ2n) is 7.72. The number of benzodiazepines with no additional fused rings is 1. The quantitative estimate of drug-likeness (QED) is 0.502. The molecule has 30 heavy (non-hydrogen) atoms. The highest BCUT2D eigenvalue weighted by molar-refractivity contribution is 6.31. The van der Waals surface area contributed by atoms with Crippen molar-refractivity contribution in [2.45, 2.75) is 39.2 Å². The first-order valence-corrected chi connectivity index (χ1v) is 10.9. The third kappa shape index (κ3) is 4.41. The van der Waals surface area contributed by atoms with E-state index < -0.39 is 0 Å². The summed E-state index contributed by atoms with van der Waals surface area (Å²) in [6.07, 6.45) is 2.93. The SMILES string of the molecule is CCc1ccc(CC2CNc3ccc(Cl)cc3C(c3ccc(F)cc3)=N2)cc1CC. The van der Waals surface area contributed by atoms with Gasteiger partial charge in [0.1, 0.15) is 5.82 Å². The standard InChI is InChI=1S/C26H26ClFN2/c1-3-18-6-5-17(13-19(18)4-2)14-23-16-29-25-12-9-21(27)15-24(25)26(30-23)20-7-10-22(28)11-8-20/h5-13,15,23,29H,3-4,14,16H2,1-2H3. The number of hydrogen-bond acceptors (Lipinski definition) is 2. The molecule has 154 valence electrons. The van der Waals surface area contributed by atoms with Crippen molar-refractivity contribution in [3.63, 3.8) is 0 Å². The predicted molar refractivity (Wildman–Crippen MR) is 125 cm³/mol. The van der Waals surface area contributed by atoms with E-state index in [9.17, 15) is 4.39 Å². The maximum Gasteiger partial charge on any atom is 0.123 e. The molecule has 0 bridgehead atoms. The van der Waals surface area contributed by atoms with Gasteiger partial charge in [-0.1, -0.05) is 43.6 Å². The fraction of sp³-hybridized carbons (Fsp3) is 0.269. The van der Waals surface area contributed by atoms with E-state index in [1.165, 1.54) is 28.8 Å². The third-order valence-electron chi connectivity index (χ3n) is 5.70. The van der Waals surface area contributed by atoms with Gasteiger partial charge in [0, 0.05) is 28.4 Å². The van der Waals surface area contributed by atoms with Gasteiger partial charge in [-0.2, -0.15) is 0 Å². The maximum absolute atomic E-state index is 13.5. The average Bonchev–Trinajstić information content (AvgIpc) is 2.93. The largest absolute Gasteiger partial charge is 0.382 e. The molecule has 1 unspecified atom stereocenters. The number of benzene rings is 3. The van der Waals surface area contributed by atoms with E-state index in [1.807, 2.05) is 18.2 Å². The van der Waals surface area contributed by atoms with Crippen LogP contribution < -0.4 is 5.32 Å². The van der Waals surface area contributed by atoms with Crippen molar-refractivity contribution >= 4 is 23.0 Å². The number of halogens is 2. The Morgan fingerprint density at radius 2 is 1.73 bits per heavy atom.